The van der Waals surface area contributed by atoms with E-state index < -0.39 is 0 Å². The molecule has 5 aromatic carbocycles. The van der Waals surface area contributed by atoms with Gasteiger partial charge in [-0.1, -0.05) is 66.7 Å². The van der Waals surface area contributed by atoms with E-state index in [-0.39, 0.29) is 5.75 Å². The number of rotatable bonds is 5. The minimum Gasteiger partial charge on any atom is -0.508 e. The van der Waals surface area contributed by atoms with E-state index in [1.165, 1.54) is 0 Å². The van der Waals surface area contributed by atoms with Crippen molar-refractivity contribution in [1.29, 1.82) is 10.5 Å². The Balaban J connectivity index is 1.48. The first-order valence-corrected chi connectivity index (χ1v) is 11.5. The lowest BCUT2D eigenvalue weighted by Crippen LogP contribution is -2.09. The third-order valence-electron chi connectivity index (χ3n) is 6.05. The summed E-state index contributed by atoms with van der Waals surface area (Å²) in [6.45, 7) is 0. The molecule has 0 spiro atoms. The first kappa shape index (κ1) is 22.5. The molecule has 0 aliphatic rings. The Bertz CT molecular complexity index is 1640. The number of hydrogen-bond acceptors (Lipinski definition) is 4. The Morgan fingerprint density at radius 3 is 1.92 bits per heavy atom. The fraction of sp³-hybridized carbons (Fsp3) is 0. The Morgan fingerprint density at radius 2 is 1.25 bits per heavy atom. The van der Waals surface area contributed by atoms with Gasteiger partial charge in [-0.15, -0.1) is 0 Å². The molecule has 0 aliphatic heterocycles. The Kier molecular flexibility index (Phi) is 6.17. The molecular formula is C32H21N3O. The van der Waals surface area contributed by atoms with E-state index in [0.29, 0.717) is 11.1 Å². The molecule has 0 unspecified atom stereocenters. The van der Waals surface area contributed by atoms with Gasteiger partial charge in [0.2, 0.25) is 0 Å². The maximum atomic E-state index is 9.82. The third-order valence-corrected chi connectivity index (χ3v) is 6.05. The van der Waals surface area contributed by atoms with Crippen LogP contribution in [0.2, 0.25) is 0 Å². The predicted molar refractivity (Wildman–Crippen MR) is 145 cm³/mol. The summed E-state index contributed by atoms with van der Waals surface area (Å²) in [4.78, 5) is 2.12. The van der Waals surface area contributed by atoms with Gasteiger partial charge in [0, 0.05) is 27.8 Å². The normalized spacial score (nSPS) is 10.7. The molecule has 4 heteroatoms. The topological polar surface area (TPSA) is 71.0 Å². The number of para-hydroxylation sites is 1. The summed E-state index contributed by atoms with van der Waals surface area (Å²) in [6, 6.07) is 39.1. The van der Waals surface area contributed by atoms with Gasteiger partial charge in [-0.25, -0.2) is 0 Å². The summed E-state index contributed by atoms with van der Waals surface area (Å²) < 4.78 is 0. The molecule has 0 aromatic heterocycles. The summed E-state index contributed by atoms with van der Waals surface area (Å²) >= 11 is 0. The summed E-state index contributed by atoms with van der Waals surface area (Å²) in [5.74, 6) is 0.224. The maximum Gasteiger partial charge on any atom is 0.115 e. The number of nitriles is 2. The molecule has 170 valence electrons. The van der Waals surface area contributed by atoms with Crippen LogP contribution in [0.1, 0.15) is 22.3 Å². The largest absolute Gasteiger partial charge is 0.508 e. The fourth-order valence-electron chi connectivity index (χ4n) is 4.28. The second kappa shape index (κ2) is 9.89. The van der Waals surface area contributed by atoms with Gasteiger partial charge < -0.3 is 10.0 Å². The van der Waals surface area contributed by atoms with Crippen LogP contribution < -0.4 is 4.90 Å². The molecule has 0 bridgehead atoms. The number of nitrogens with zero attached hydrogens (tertiary/aromatic N) is 3. The van der Waals surface area contributed by atoms with Gasteiger partial charge in [-0.05, 0) is 65.7 Å². The molecule has 0 radical (unpaired) electrons. The van der Waals surface area contributed by atoms with Crippen LogP contribution in [0.5, 0.6) is 5.75 Å². The molecule has 0 aliphatic carbocycles. The van der Waals surface area contributed by atoms with Crippen LogP contribution in [-0.4, -0.2) is 5.11 Å². The summed E-state index contributed by atoms with van der Waals surface area (Å²) in [6.07, 6.45) is 3.91. The molecule has 36 heavy (non-hydrogen) atoms. The average Bonchev–Trinajstić information content (AvgIpc) is 2.93. The third kappa shape index (κ3) is 4.40. The zero-order valence-corrected chi connectivity index (χ0v) is 19.3. The average molecular weight is 464 g/mol. The maximum absolute atomic E-state index is 9.82. The second-order valence-electron chi connectivity index (χ2n) is 8.27. The fourth-order valence-corrected chi connectivity index (χ4v) is 4.28. The van der Waals surface area contributed by atoms with Gasteiger partial charge in [0.1, 0.15) is 11.8 Å². The molecule has 0 saturated carbocycles. The Morgan fingerprint density at radius 1 is 0.583 bits per heavy atom. The van der Waals surface area contributed by atoms with E-state index in [9.17, 15) is 15.6 Å². The quantitative estimate of drug-likeness (QED) is 0.269. The van der Waals surface area contributed by atoms with E-state index in [1.54, 1.807) is 24.3 Å². The number of phenolic OH excluding ortho intramolecular Hbond substituents is 1. The minimum absolute atomic E-state index is 0.224. The van der Waals surface area contributed by atoms with E-state index >= 15 is 0 Å². The summed E-state index contributed by atoms with van der Waals surface area (Å²) in [5.41, 5.74) is 5.85. The van der Waals surface area contributed by atoms with Crippen molar-refractivity contribution < 1.29 is 5.11 Å². The first-order valence-electron chi connectivity index (χ1n) is 11.5. The number of fused-ring (bicyclic) bond motifs is 1. The summed E-state index contributed by atoms with van der Waals surface area (Å²) in [7, 11) is 0. The number of phenols is 1. The van der Waals surface area contributed by atoms with Gasteiger partial charge in [0.25, 0.3) is 0 Å². The van der Waals surface area contributed by atoms with Crippen molar-refractivity contribution >= 4 is 40.0 Å². The van der Waals surface area contributed by atoms with E-state index in [4.69, 9.17) is 0 Å². The van der Waals surface area contributed by atoms with E-state index in [0.717, 1.165) is 39.0 Å². The van der Waals surface area contributed by atoms with Crippen molar-refractivity contribution in [2.75, 3.05) is 4.90 Å². The highest BCUT2D eigenvalue weighted by Gasteiger charge is 2.12. The highest BCUT2D eigenvalue weighted by Crippen LogP contribution is 2.35. The van der Waals surface area contributed by atoms with Gasteiger partial charge in [0.15, 0.2) is 0 Å². The lowest BCUT2D eigenvalue weighted by atomic mass is 9.96. The van der Waals surface area contributed by atoms with Crippen molar-refractivity contribution in [3.8, 4) is 17.9 Å². The highest BCUT2D eigenvalue weighted by molar-refractivity contribution is 5.95. The molecular weight excluding hydrogens is 442 g/mol. The SMILES string of the molecule is N#Cc1cccc2c(C#N)c(C=Cc3ccc(N(c4ccccc4)c4ccc(O)cc4)cc3)ccc12. The number of hydrogen-bond donors (Lipinski definition) is 1. The van der Waals surface area contributed by atoms with E-state index in [2.05, 4.69) is 17.0 Å². The van der Waals surface area contributed by atoms with Crippen LogP contribution >= 0.6 is 0 Å². The lowest BCUT2D eigenvalue weighted by Gasteiger charge is -2.25. The standard InChI is InChI=1S/C32H21N3O/c33-21-25-5-4-8-31-30(25)20-13-24(32(31)22-34)12-9-23-10-14-27(15-11-23)35(26-6-2-1-3-7-26)28-16-18-29(36)19-17-28/h1-20,36H. The van der Waals surface area contributed by atoms with Gasteiger partial charge >= 0.3 is 0 Å². The Labute approximate surface area is 209 Å². The monoisotopic (exact) mass is 463 g/mol. The van der Waals surface area contributed by atoms with Crippen LogP contribution in [0.25, 0.3) is 22.9 Å². The molecule has 0 fully saturated rings. The Hall–Kier alpha value is -5.32. The van der Waals surface area contributed by atoms with Crippen molar-refractivity contribution in [2.45, 2.75) is 0 Å². The minimum atomic E-state index is 0.224. The van der Waals surface area contributed by atoms with Crippen LogP contribution in [0.15, 0.2) is 109 Å². The molecule has 4 nitrogen and oxygen atoms in total. The second-order valence-corrected chi connectivity index (χ2v) is 8.27. The molecule has 1 N–H and O–H groups in total. The first-order chi connectivity index (χ1) is 17.7. The summed E-state index contributed by atoms with van der Waals surface area (Å²) in [5, 5.41) is 30.5. The smallest absolute Gasteiger partial charge is 0.115 e. The number of aromatic hydroxyl groups is 1. The molecule has 0 saturated heterocycles. The number of benzene rings is 5. The predicted octanol–water partition coefficient (Wildman–Crippen LogP) is 7.93. The van der Waals surface area contributed by atoms with Gasteiger partial charge in [-0.2, -0.15) is 10.5 Å². The van der Waals surface area contributed by atoms with Crippen LogP contribution in [-0.2, 0) is 0 Å². The molecule has 0 heterocycles. The van der Waals surface area contributed by atoms with Crippen molar-refractivity contribution in [1.82, 2.24) is 0 Å². The molecule has 5 aromatic rings. The van der Waals surface area contributed by atoms with Crippen molar-refractivity contribution in [3.63, 3.8) is 0 Å². The molecule has 0 atom stereocenters. The van der Waals surface area contributed by atoms with Crippen LogP contribution in [0.3, 0.4) is 0 Å². The van der Waals surface area contributed by atoms with Crippen LogP contribution in [0, 0.1) is 22.7 Å². The highest BCUT2D eigenvalue weighted by atomic mass is 16.3. The van der Waals surface area contributed by atoms with Crippen LogP contribution in [0.4, 0.5) is 17.1 Å². The van der Waals surface area contributed by atoms with Gasteiger partial charge in [0.05, 0.1) is 17.2 Å². The molecule has 0 amide bonds. The van der Waals surface area contributed by atoms with Gasteiger partial charge in [-0.3, -0.25) is 0 Å². The lowest BCUT2D eigenvalue weighted by molar-refractivity contribution is 0.475. The zero-order chi connectivity index (χ0) is 24.9. The van der Waals surface area contributed by atoms with Crippen molar-refractivity contribution in [2.24, 2.45) is 0 Å². The van der Waals surface area contributed by atoms with Crippen molar-refractivity contribution in [3.05, 3.63) is 131 Å². The number of anilines is 3. The van der Waals surface area contributed by atoms with E-state index in [1.807, 2.05) is 97.1 Å². The zero-order valence-electron chi connectivity index (χ0n) is 19.3. The molecule has 5 rings (SSSR count).